The van der Waals surface area contributed by atoms with E-state index in [1.165, 1.54) is 31.2 Å². The highest BCUT2D eigenvalue weighted by Gasteiger charge is 2.28. The normalized spacial score (nSPS) is 15.0. The van der Waals surface area contributed by atoms with Gasteiger partial charge in [0, 0.05) is 6.04 Å². The van der Waals surface area contributed by atoms with E-state index in [0.29, 0.717) is 4.34 Å². The Bertz CT molecular complexity index is 969. The Hall–Kier alpha value is -2.10. The number of esters is 1. The summed E-state index contributed by atoms with van der Waals surface area (Å²) in [5, 5.41) is 2.75. The lowest BCUT2D eigenvalue weighted by Crippen LogP contribution is -2.37. The fourth-order valence-electron chi connectivity index (χ4n) is 2.21. The molecule has 10 heteroatoms. The molecule has 0 unspecified atom stereocenters. The van der Waals surface area contributed by atoms with Crippen LogP contribution in [0, 0.1) is 0 Å². The Morgan fingerprint density at radius 1 is 1.22 bits per heavy atom. The molecule has 3 rings (SSSR count). The molecule has 0 bridgehead atoms. The van der Waals surface area contributed by atoms with Gasteiger partial charge < -0.3 is 10.1 Å². The van der Waals surface area contributed by atoms with E-state index in [0.717, 1.165) is 24.2 Å². The predicted octanol–water partition coefficient (Wildman–Crippen LogP) is 3.03. The summed E-state index contributed by atoms with van der Waals surface area (Å²) in [6.45, 7) is 1.47. The summed E-state index contributed by atoms with van der Waals surface area (Å²) < 4.78 is 32.9. The van der Waals surface area contributed by atoms with Crippen molar-refractivity contribution < 1.29 is 22.7 Å². The third kappa shape index (κ3) is 5.00. The van der Waals surface area contributed by atoms with Gasteiger partial charge in [0.1, 0.15) is 4.21 Å². The zero-order valence-electron chi connectivity index (χ0n) is 14.3. The number of sulfonamides is 1. The van der Waals surface area contributed by atoms with Gasteiger partial charge in [0.25, 0.3) is 15.9 Å². The van der Waals surface area contributed by atoms with Crippen LogP contribution in [-0.4, -0.2) is 32.4 Å². The number of thiophene rings is 1. The molecule has 0 spiro atoms. The molecule has 0 aliphatic heterocycles. The number of hydrogen-bond acceptors (Lipinski definition) is 6. The van der Waals surface area contributed by atoms with E-state index in [4.69, 9.17) is 16.3 Å². The Labute approximate surface area is 165 Å². The van der Waals surface area contributed by atoms with E-state index in [1.54, 1.807) is 12.1 Å². The minimum Gasteiger partial charge on any atom is -0.449 e. The summed E-state index contributed by atoms with van der Waals surface area (Å²) in [6, 6.07) is 9.02. The second-order valence-corrected chi connectivity index (χ2v) is 9.66. The first-order chi connectivity index (χ1) is 12.8. The van der Waals surface area contributed by atoms with Crippen LogP contribution >= 0.6 is 22.9 Å². The van der Waals surface area contributed by atoms with E-state index in [2.05, 4.69) is 10.0 Å². The van der Waals surface area contributed by atoms with Gasteiger partial charge in [-0.25, -0.2) is 13.2 Å². The van der Waals surface area contributed by atoms with Gasteiger partial charge >= 0.3 is 5.97 Å². The molecule has 1 heterocycles. The first kappa shape index (κ1) is 19.7. The molecule has 1 aliphatic carbocycles. The zero-order chi connectivity index (χ0) is 19.6. The maximum atomic E-state index is 12.5. The van der Waals surface area contributed by atoms with Crippen LogP contribution in [0.1, 0.15) is 30.1 Å². The number of para-hydroxylation sites is 1. The quantitative estimate of drug-likeness (QED) is 0.660. The van der Waals surface area contributed by atoms with E-state index < -0.39 is 22.1 Å². The van der Waals surface area contributed by atoms with Crippen molar-refractivity contribution in [2.45, 2.75) is 36.1 Å². The highest BCUT2D eigenvalue weighted by Crippen LogP contribution is 2.28. The lowest BCUT2D eigenvalue weighted by Gasteiger charge is -2.15. The van der Waals surface area contributed by atoms with Gasteiger partial charge in [-0.15, -0.1) is 11.3 Å². The molecule has 1 fully saturated rings. The van der Waals surface area contributed by atoms with E-state index in [9.17, 15) is 18.0 Å². The number of benzene rings is 1. The van der Waals surface area contributed by atoms with E-state index in [-0.39, 0.29) is 27.4 Å². The van der Waals surface area contributed by atoms with Crippen molar-refractivity contribution in [2.24, 2.45) is 0 Å². The molecule has 1 saturated carbocycles. The molecule has 2 N–H and O–H groups in total. The molecule has 0 radical (unpaired) electrons. The molecule has 27 heavy (non-hydrogen) atoms. The number of rotatable bonds is 7. The summed E-state index contributed by atoms with van der Waals surface area (Å²) >= 11 is 6.69. The second-order valence-electron chi connectivity index (χ2n) is 6.04. The minimum atomic E-state index is -3.90. The van der Waals surface area contributed by atoms with Gasteiger partial charge in [0.15, 0.2) is 6.10 Å². The molecule has 2 aromatic rings. The average Bonchev–Trinajstić information content (AvgIpc) is 3.31. The molecule has 1 atom stereocenters. The third-order valence-corrected chi connectivity index (χ3v) is 6.87. The zero-order valence-corrected chi connectivity index (χ0v) is 16.7. The summed E-state index contributed by atoms with van der Waals surface area (Å²) in [6.07, 6.45) is 0.854. The van der Waals surface area contributed by atoms with Crippen molar-refractivity contribution >= 4 is 50.5 Å². The van der Waals surface area contributed by atoms with Crippen LogP contribution in [0.2, 0.25) is 4.34 Å². The topological polar surface area (TPSA) is 102 Å². The van der Waals surface area contributed by atoms with Crippen LogP contribution in [0.4, 0.5) is 5.69 Å². The summed E-state index contributed by atoms with van der Waals surface area (Å²) in [5.41, 5.74) is 0.0663. The SMILES string of the molecule is C[C@@H](OC(=O)c1ccccc1NS(=O)(=O)c1ccc(Cl)s1)C(=O)NC1CC1. The van der Waals surface area contributed by atoms with E-state index in [1.807, 2.05) is 0 Å². The minimum absolute atomic E-state index is 0.00907. The number of carbonyl (C=O) groups excluding carboxylic acids is 2. The number of carbonyl (C=O) groups is 2. The maximum Gasteiger partial charge on any atom is 0.341 e. The summed E-state index contributed by atoms with van der Waals surface area (Å²) in [5.74, 6) is -1.17. The summed E-state index contributed by atoms with van der Waals surface area (Å²) in [7, 11) is -3.90. The van der Waals surface area contributed by atoms with Gasteiger partial charge in [0.2, 0.25) is 0 Å². The van der Waals surface area contributed by atoms with Crippen molar-refractivity contribution in [3.05, 3.63) is 46.3 Å². The fraction of sp³-hybridized carbons (Fsp3) is 0.294. The van der Waals surface area contributed by atoms with Crippen LogP contribution < -0.4 is 10.0 Å². The number of anilines is 1. The summed E-state index contributed by atoms with van der Waals surface area (Å²) in [4.78, 5) is 24.4. The van der Waals surface area contributed by atoms with Crippen molar-refractivity contribution in [3.8, 4) is 0 Å². The van der Waals surface area contributed by atoms with Crippen molar-refractivity contribution in [3.63, 3.8) is 0 Å². The lowest BCUT2D eigenvalue weighted by molar-refractivity contribution is -0.129. The largest absolute Gasteiger partial charge is 0.449 e. The van der Waals surface area contributed by atoms with E-state index >= 15 is 0 Å². The maximum absolute atomic E-state index is 12.5. The number of hydrogen-bond donors (Lipinski definition) is 2. The van der Waals surface area contributed by atoms with Gasteiger partial charge in [-0.05, 0) is 44.0 Å². The molecule has 1 aliphatic rings. The smallest absolute Gasteiger partial charge is 0.341 e. The molecule has 0 saturated heterocycles. The van der Waals surface area contributed by atoms with Crippen LogP contribution in [0.15, 0.2) is 40.6 Å². The predicted molar refractivity (Wildman–Crippen MR) is 103 cm³/mol. The Kier molecular flexibility index (Phi) is 5.73. The fourth-order valence-corrected chi connectivity index (χ4v) is 4.77. The standard InChI is InChI=1S/C17H17ClN2O5S2/c1-10(16(21)19-11-6-7-11)25-17(22)12-4-2-3-5-13(12)20-27(23,24)15-9-8-14(18)26-15/h2-5,8-11,20H,6-7H2,1H3,(H,19,21)/t10-/m1/s1. The second kappa shape index (κ2) is 7.87. The molecule has 1 aromatic carbocycles. The van der Waals surface area contributed by atoms with Gasteiger partial charge in [-0.3, -0.25) is 9.52 Å². The first-order valence-electron chi connectivity index (χ1n) is 8.15. The Morgan fingerprint density at radius 2 is 1.93 bits per heavy atom. The molecule has 1 aromatic heterocycles. The van der Waals surface area contributed by atoms with Crippen LogP contribution in [0.3, 0.4) is 0 Å². The monoisotopic (exact) mass is 428 g/mol. The number of amides is 1. The highest BCUT2D eigenvalue weighted by molar-refractivity contribution is 7.94. The molecular weight excluding hydrogens is 412 g/mol. The van der Waals surface area contributed by atoms with Crippen molar-refractivity contribution in [2.75, 3.05) is 4.72 Å². The Balaban J connectivity index is 1.74. The molecule has 144 valence electrons. The van der Waals surface area contributed by atoms with Crippen LogP contribution in [-0.2, 0) is 19.6 Å². The number of halogens is 1. The average molecular weight is 429 g/mol. The van der Waals surface area contributed by atoms with Crippen LogP contribution in [0.5, 0.6) is 0 Å². The number of nitrogens with one attached hydrogen (secondary N) is 2. The first-order valence-corrected chi connectivity index (χ1v) is 10.8. The highest BCUT2D eigenvalue weighted by atomic mass is 35.5. The molecule has 1 amide bonds. The lowest BCUT2D eigenvalue weighted by atomic mass is 10.2. The Morgan fingerprint density at radius 3 is 2.56 bits per heavy atom. The third-order valence-electron chi connectivity index (χ3n) is 3.78. The molecule has 7 nitrogen and oxygen atoms in total. The van der Waals surface area contributed by atoms with Gasteiger partial charge in [0.05, 0.1) is 15.6 Å². The van der Waals surface area contributed by atoms with Crippen molar-refractivity contribution in [1.29, 1.82) is 0 Å². The van der Waals surface area contributed by atoms with Gasteiger partial charge in [-0.2, -0.15) is 0 Å². The van der Waals surface area contributed by atoms with Gasteiger partial charge in [-0.1, -0.05) is 23.7 Å². The van der Waals surface area contributed by atoms with Crippen LogP contribution in [0.25, 0.3) is 0 Å². The van der Waals surface area contributed by atoms with Crippen molar-refractivity contribution in [1.82, 2.24) is 5.32 Å². The number of ether oxygens (including phenoxy) is 1. The molecular formula is C17H17ClN2O5S2.